The Hall–Kier alpha value is -5.27. The largest absolute Gasteiger partial charge is 0.493 e. The average Bonchev–Trinajstić information content (AvgIpc) is 3.69. The molecule has 6 rings (SSSR count). The Kier molecular flexibility index (Phi) is 13.5. The molecule has 55 heavy (non-hydrogen) atoms. The lowest BCUT2D eigenvalue weighted by molar-refractivity contribution is -0.121. The van der Waals surface area contributed by atoms with Gasteiger partial charge in [0.2, 0.25) is 17.7 Å². The van der Waals surface area contributed by atoms with Crippen molar-refractivity contribution >= 4 is 29.1 Å². The number of amides is 2. The van der Waals surface area contributed by atoms with Crippen LogP contribution in [-0.2, 0) is 11.2 Å². The monoisotopic (exact) mass is 753 g/mol. The van der Waals surface area contributed by atoms with Crippen molar-refractivity contribution < 1.29 is 28.2 Å². The third-order valence-corrected chi connectivity index (χ3v) is 10.2. The minimum Gasteiger partial charge on any atom is -0.493 e. The van der Waals surface area contributed by atoms with Crippen molar-refractivity contribution in [2.24, 2.45) is 0 Å². The van der Waals surface area contributed by atoms with Crippen molar-refractivity contribution in [3.63, 3.8) is 0 Å². The molecule has 3 N–H and O–H groups in total. The Morgan fingerprint density at radius 1 is 0.945 bits per heavy atom. The lowest BCUT2D eigenvalue weighted by atomic mass is 10.1. The summed E-state index contributed by atoms with van der Waals surface area (Å²) in [7, 11) is 3.65. The summed E-state index contributed by atoms with van der Waals surface area (Å²) < 4.78 is 32.9. The first kappa shape index (κ1) is 39.4. The van der Waals surface area contributed by atoms with Crippen LogP contribution in [0, 0.1) is 19.7 Å². The number of aromatic nitrogens is 2. The number of ether oxygens (including phenoxy) is 3. The highest BCUT2D eigenvalue weighted by Gasteiger charge is 2.22. The molecule has 0 bridgehead atoms. The van der Waals surface area contributed by atoms with Gasteiger partial charge in [-0.3, -0.25) is 9.59 Å². The van der Waals surface area contributed by atoms with Gasteiger partial charge in [-0.1, -0.05) is 37.1 Å². The van der Waals surface area contributed by atoms with E-state index in [1.54, 1.807) is 18.2 Å². The van der Waals surface area contributed by atoms with Crippen LogP contribution in [0.5, 0.6) is 23.1 Å². The van der Waals surface area contributed by atoms with Gasteiger partial charge in [0, 0.05) is 68.8 Å². The lowest BCUT2D eigenvalue weighted by Crippen LogP contribution is -2.44. The normalized spacial score (nSPS) is 15.1. The maximum atomic E-state index is 15.2. The number of aryl methyl sites for hydroxylation is 3. The standard InChI is InChI=1S/C42H52FN7O5/c1-28-9-7-10-29(2)39(28)47-40(52)33-27-44-42(46-32-15-17-35(34(43)26-32)54-24-8-19-50-22-20-49(3)21-23-50)48-41(33)55-36-16-13-30(25-37(36)53-4)14-18-38(51)45-31-11-5-6-12-31/h7,9-10,13,15-17,25-27,31H,5-6,8,11-12,14,18-24H2,1-4H3,(H,45,51)(H,47,52)(H,44,46,48). The molecule has 2 amide bonds. The Morgan fingerprint density at radius 2 is 1.69 bits per heavy atom. The Labute approximate surface area is 322 Å². The quantitative estimate of drug-likeness (QED) is 0.103. The number of rotatable bonds is 16. The van der Waals surface area contributed by atoms with Crippen molar-refractivity contribution in [1.82, 2.24) is 25.1 Å². The predicted octanol–water partition coefficient (Wildman–Crippen LogP) is 7.04. The van der Waals surface area contributed by atoms with Crippen LogP contribution in [0.2, 0.25) is 0 Å². The summed E-state index contributed by atoms with van der Waals surface area (Å²) in [5.74, 6) is -0.0270. The summed E-state index contributed by atoms with van der Waals surface area (Å²) in [6.07, 6.45) is 7.42. The highest BCUT2D eigenvalue weighted by molar-refractivity contribution is 6.06. The first-order valence-corrected chi connectivity index (χ1v) is 19.1. The molecule has 1 saturated heterocycles. The molecule has 2 fully saturated rings. The zero-order chi connectivity index (χ0) is 38.7. The number of anilines is 3. The fourth-order valence-corrected chi connectivity index (χ4v) is 6.90. The van der Waals surface area contributed by atoms with E-state index >= 15 is 4.39 Å². The second-order valence-corrected chi connectivity index (χ2v) is 14.4. The molecule has 0 unspecified atom stereocenters. The van der Waals surface area contributed by atoms with E-state index in [-0.39, 0.29) is 35.1 Å². The number of likely N-dealkylation sites (N-methyl/N-ethyl adjacent to an activating group) is 1. The van der Waals surface area contributed by atoms with E-state index in [0.717, 1.165) is 81.5 Å². The van der Waals surface area contributed by atoms with Crippen LogP contribution in [0.25, 0.3) is 0 Å². The first-order chi connectivity index (χ1) is 26.6. The molecule has 1 aromatic heterocycles. The lowest BCUT2D eigenvalue weighted by Gasteiger charge is -2.32. The van der Waals surface area contributed by atoms with Crippen LogP contribution in [-0.4, -0.2) is 91.1 Å². The van der Waals surface area contributed by atoms with Crippen molar-refractivity contribution in [1.29, 1.82) is 0 Å². The van der Waals surface area contributed by atoms with E-state index in [1.807, 2.05) is 44.2 Å². The molecule has 1 aliphatic heterocycles. The van der Waals surface area contributed by atoms with E-state index in [0.29, 0.717) is 42.3 Å². The van der Waals surface area contributed by atoms with Crippen molar-refractivity contribution in [3.05, 3.63) is 88.9 Å². The van der Waals surface area contributed by atoms with Crippen LogP contribution in [0.4, 0.5) is 21.7 Å². The van der Waals surface area contributed by atoms with Crippen LogP contribution in [0.15, 0.2) is 60.8 Å². The van der Waals surface area contributed by atoms with E-state index < -0.39 is 11.7 Å². The van der Waals surface area contributed by atoms with Gasteiger partial charge in [0.05, 0.1) is 13.7 Å². The topological polar surface area (TPSA) is 130 Å². The molecule has 2 heterocycles. The number of piperazine rings is 1. The van der Waals surface area contributed by atoms with Gasteiger partial charge < -0.3 is 40.0 Å². The Morgan fingerprint density at radius 3 is 2.42 bits per heavy atom. The third-order valence-electron chi connectivity index (χ3n) is 10.2. The van der Waals surface area contributed by atoms with E-state index in [9.17, 15) is 9.59 Å². The molecule has 12 nitrogen and oxygen atoms in total. The second kappa shape index (κ2) is 18.9. The fraction of sp³-hybridized carbons (Fsp3) is 0.429. The molecule has 0 atom stereocenters. The number of nitrogens with zero attached hydrogens (tertiary/aromatic N) is 4. The van der Waals surface area contributed by atoms with Gasteiger partial charge in [0.15, 0.2) is 23.1 Å². The van der Waals surface area contributed by atoms with Gasteiger partial charge in [0.1, 0.15) is 5.56 Å². The molecule has 0 radical (unpaired) electrons. The molecule has 3 aromatic carbocycles. The number of hydrogen-bond donors (Lipinski definition) is 3. The number of halogens is 1. The number of carbonyl (C=O) groups is 2. The highest BCUT2D eigenvalue weighted by atomic mass is 19.1. The van der Waals surface area contributed by atoms with Crippen molar-refractivity contribution in [2.75, 3.05) is 64.1 Å². The highest BCUT2D eigenvalue weighted by Crippen LogP contribution is 2.35. The van der Waals surface area contributed by atoms with Gasteiger partial charge in [-0.15, -0.1) is 0 Å². The average molecular weight is 754 g/mol. The van der Waals surface area contributed by atoms with Crippen molar-refractivity contribution in [3.8, 4) is 23.1 Å². The van der Waals surface area contributed by atoms with Crippen LogP contribution >= 0.6 is 0 Å². The molecular weight excluding hydrogens is 702 g/mol. The molecule has 4 aromatic rings. The second-order valence-electron chi connectivity index (χ2n) is 14.4. The zero-order valence-electron chi connectivity index (χ0n) is 32.3. The summed E-state index contributed by atoms with van der Waals surface area (Å²) in [5.41, 5.74) is 3.83. The predicted molar refractivity (Wildman–Crippen MR) is 211 cm³/mol. The van der Waals surface area contributed by atoms with Gasteiger partial charge in [-0.05, 0) is 87.5 Å². The van der Waals surface area contributed by atoms with E-state index in [4.69, 9.17) is 14.2 Å². The SMILES string of the molecule is COc1cc(CCC(=O)NC2CCCC2)ccc1Oc1nc(Nc2ccc(OCCCN3CCN(C)CC3)c(F)c2)ncc1C(=O)Nc1c(C)cccc1C. The maximum Gasteiger partial charge on any atom is 0.262 e. The van der Waals surface area contributed by atoms with Crippen molar-refractivity contribution in [2.45, 2.75) is 64.8 Å². The van der Waals surface area contributed by atoms with Crippen LogP contribution in [0.1, 0.15) is 65.6 Å². The number of benzene rings is 3. The maximum absolute atomic E-state index is 15.2. The summed E-state index contributed by atoms with van der Waals surface area (Å²) in [6, 6.07) is 16.0. The Bertz CT molecular complexity index is 1930. The fourth-order valence-electron chi connectivity index (χ4n) is 6.90. The summed E-state index contributed by atoms with van der Waals surface area (Å²) in [6.45, 7) is 9.30. The van der Waals surface area contributed by atoms with Gasteiger partial charge in [-0.2, -0.15) is 4.98 Å². The summed E-state index contributed by atoms with van der Waals surface area (Å²) in [4.78, 5) is 40.0. The van der Waals surface area contributed by atoms with E-state index in [2.05, 4.69) is 42.8 Å². The van der Waals surface area contributed by atoms with Crippen LogP contribution in [0.3, 0.4) is 0 Å². The minimum absolute atomic E-state index is 0.0329. The summed E-state index contributed by atoms with van der Waals surface area (Å²) in [5, 5.41) is 9.14. The molecule has 1 aliphatic carbocycles. The number of hydrogen-bond acceptors (Lipinski definition) is 10. The molecule has 13 heteroatoms. The third kappa shape index (κ3) is 10.9. The molecule has 0 spiro atoms. The van der Waals surface area contributed by atoms with Gasteiger partial charge in [-0.25, -0.2) is 9.37 Å². The number of para-hydroxylation sites is 1. The number of carbonyl (C=O) groups excluding carboxylic acids is 2. The zero-order valence-corrected chi connectivity index (χ0v) is 32.3. The van der Waals surface area contributed by atoms with Crippen LogP contribution < -0.4 is 30.2 Å². The number of methoxy groups -OCH3 is 1. The van der Waals surface area contributed by atoms with E-state index in [1.165, 1.54) is 19.4 Å². The first-order valence-electron chi connectivity index (χ1n) is 19.1. The molecular formula is C42H52FN7O5. The molecule has 292 valence electrons. The minimum atomic E-state index is -0.522. The van der Waals surface area contributed by atoms with Gasteiger partial charge >= 0.3 is 0 Å². The Balaban J connectivity index is 1.16. The number of nitrogens with one attached hydrogen (secondary N) is 3. The smallest absolute Gasteiger partial charge is 0.262 e. The van der Waals surface area contributed by atoms with Gasteiger partial charge in [0.25, 0.3) is 5.91 Å². The summed E-state index contributed by atoms with van der Waals surface area (Å²) >= 11 is 0. The molecule has 2 aliphatic rings. The molecule has 1 saturated carbocycles.